The highest BCUT2D eigenvalue weighted by Gasteiger charge is 2.15. The molecule has 0 heterocycles. The molecule has 0 fully saturated rings. The summed E-state index contributed by atoms with van der Waals surface area (Å²) in [6.07, 6.45) is -0.134. The van der Waals surface area contributed by atoms with Gasteiger partial charge in [-0.05, 0) is 25.5 Å². The summed E-state index contributed by atoms with van der Waals surface area (Å²) in [7, 11) is 0. The van der Waals surface area contributed by atoms with Crippen LogP contribution in [0.25, 0.3) is 0 Å². The summed E-state index contributed by atoms with van der Waals surface area (Å²) in [5.74, 6) is -1.66. The van der Waals surface area contributed by atoms with Crippen LogP contribution >= 0.6 is 0 Å². The lowest BCUT2D eigenvalue weighted by Gasteiger charge is -2.09. The van der Waals surface area contributed by atoms with Crippen LogP contribution < -0.4 is 4.74 Å². The highest BCUT2D eigenvalue weighted by atomic mass is 16.5. The molecule has 86 valence electrons. The summed E-state index contributed by atoms with van der Waals surface area (Å²) >= 11 is 0. The molecule has 0 unspecified atom stereocenters. The standard InChI is InChI=1S/C12H14O4/c1-3-16-11-6-8(2)4-5-9(11)7-10(13)12(14)15/h4-6H,3,7H2,1-2H3,(H,14,15). The summed E-state index contributed by atoms with van der Waals surface area (Å²) in [5, 5.41) is 8.53. The van der Waals surface area contributed by atoms with E-state index in [0.29, 0.717) is 17.9 Å². The van der Waals surface area contributed by atoms with Gasteiger partial charge >= 0.3 is 5.97 Å². The van der Waals surface area contributed by atoms with E-state index in [4.69, 9.17) is 9.84 Å². The Morgan fingerprint density at radius 2 is 2.06 bits per heavy atom. The number of carboxylic acid groups (broad SMARTS) is 1. The van der Waals surface area contributed by atoms with Crippen molar-refractivity contribution in [2.75, 3.05) is 6.61 Å². The van der Waals surface area contributed by atoms with E-state index in [1.807, 2.05) is 19.9 Å². The number of aliphatic carboxylic acids is 1. The quantitative estimate of drug-likeness (QED) is 0.768. The second-order valence-corrected chi connectivity index (χ2v) is 3.45. The Labute approximate surface area is 93.9 Å². The molecule has 1 aromatic rings. The normalized spacial score (nSPS) is 9.88. The molecule has 4 heteroatoms. The van der Waals surface area contributed by atoms with E-state index in [-0.39, 0.29) is 6.42 Å². The Hall–Kier alpha value is -1.84. The van der Waals surface area contributed by atoms with Gasteiger partial charge in [0, 0.05) is 12.0 Å². The minimum Gasteiger partial charge on any atom is -0.494 e. The van der Waals surface area contributed by atoms with Crippen molar-refractivity contribution in [2.45, 2.75) is 20.3 Å². The van der Waals surface area contributed by atoms with E-state index in [1.54, 1.807) is 12.1 Å². The van der Waals surface area contributed by atoms with Crippen LogP contribution in [0.5, 0.6) is 5.75 Å². The minimum atomic E-state index is -1.41. The van der Waals surface area contributed by atoms with Crippen LogP contribution in [0.3, 0.4) is 0 Å². The highest BCUT2D eigenvalue weighted by molar-refractivity contribution is 6.33. The molecule has 0 saturated heterocycles. The number of carboxylic acids is 1. The van der Waals surface area contributed by atoms with Gasteiger partial charge in [0.1, 0.15) is 5.75 Å². The molecule has 0 aliphatic rings. The molecule has 0 spiro atoms. The van der Waals surface area contributed by atoms with Gasteiger partial charge in [-0.25, -0.2) is 4.79 Å². The zero-order valence-corrected chi connectivity index (χ0v) is 9.32. The van der Waals surface area contributed by atoms with Crippen molar-refractivity contribution in [3.8, 4) is 5.75 Å². The molecule has 0 atom stereocenters. The molecule has 0 saturated carbocycles. The second kappa shape index (κ2) is 5.30. The molecule has 1 N–H and O–H groups in total. The molecule has 4 nitrogen and oxygen atoms in total. The van der Waals surface area contributed by atoms with E-state index in [2.05, 4.69) is 0 Å². The molecule has 0 amide bonds. The van der Waals surface area contributed by atoms with Crippen LogP contribution in [0.2, 0.25) is 0 Å². The average Bonchev–Trinajstić information content (AvgIpc) is 2.22. The molecule has 0 radical (unpaired) electrons. The first kappa shape index (κ1) is 12.2. The summed E-state index contributed by atoms with van der Waals surface area (Å²) in [4.78, 5) is 21.5. The zero-order chi connectivity index (χ0) is 12.1. The number of hydrogen-bond acceptors (Lipinski definition) is 3. The molecule has 0 aliphatic heterocycles. The largest absolute Gasteiger partial charge is 0.494 e. The van der Waals surface area contributed by atoms with E-state index in [9.17, 15) is 9.59 Å². The Kier molecular flexibility index (Phi) is 4.05. The Balaban J connectivity index is 2.94. The number of aryl methyl sites for hydroxylation is 1. The van der Waals surface area contributed by atoms with Crippen LogP contribution in [0.1, 0.15) is 18.1 Å². The maximum absolute atomic E-state index is 11.1. The number of rotatable bonds is 5. The van der Waals surface area contributed by atoms with Crippen molar-refractivity contribution in [3.63, 3.8) is 0 Å². The van der Waals surface area contributed by atoms with E-state index < -0.39 is 11.8 Å². The van der Waals surface area contributed by atoms with Crippen molar-refractivity contribution in [1.82, 2.24) is 0 Å². The van der Waals surface area contributed by atoms with Gasteiger partial charge in [0.2, 0.25) is 5.78 Å². The van der Waals surface area contributed by atoms with Crippen molar-refractivity contribution >= 4 is 11.8 Å². The molecule has 0 aromatic heterocycles. The lowest BCUT2D eigenvalue weighted by molar-refractivity contribution is -0.148. The molecule has 0 bridgehead atoms. The summed E-state index contributed by atoms with van der Waals surface area (Å²) in [6.45, 7) is 4.23. The van der Waals surface area contributed by atoms with Gasteiger partial charge in [0.15, 0.2) is 0 Å². The number of hydrogen-bond donors (Lipinski definition) is 1. The third kappa shape index (κ3) is 3.08. The molecule has 1 aromatic carbocycles. The number of carbonyl (C=O) groups is 2. The molecular formula is C12H14O4. The zero-order valence-electron chi connectivity index (χ0n) is 9.32. The van der Waals surface area contributed by atoms with E-state index >= 15 is 0 Å². The maximum atomic E-state index is 11.1. The summed E-state index contributed by atoms with van der Waals surface area (Å²) < 4.78 is 5.35. The third-order valence-corrected chi connectivity index (χ3v) is 2.11. The van der Waals surface area contributed by atoms with Crippen LogP contribution in [-0.4, -0.2) is 23.5 Å². The minimum absolute atomic E-state index is 0.134. The number of carbonyl (C=O) groups excluding carboxylic acids is 1. The van der Waals surface area contributed by atoms with Crippen molar-refractivity contribution in [1.29, 1.82) is 0 Å². The van der Waals surface area contributed by atoms with Gasteiger partial charge < -0.3 is 9.84 Å². The Morgan fingerprint density at radius 3 is 2.62 bits per heavy atom. The van der Waals surface area contributed by atoms with Gasteiger partial charge in [-0.3, -0.25) is 4.79 Å². The topological polar surface area (TPSA) is 63.6 Å². The molecule has 0 aliphatic carbocycles. The molecule has 16 heavy (non-hydrogen) atoms. The predicted molar refractivity (Wildman–Crippen MR) is 58.7 cm³/mol. The van der Waals surface area contributed by atoms with Gasteiger partial charge in [-0.1, -0.05) is 12.1 Å². The second-order valence-electron chi connectivity index (χ2n) is 3.45. The fourth-order valence-electron chi connectivity index (χ4n) is 1.35. The van der Waals surface area contributed by atoms with Gasteiger partial charge in [-0.2, -0.15) is 0 Å². The van der Waals surface area contributed by atoms with Crippen molar-refractivity contribution in [3.05, 3.63) is 29.3 Å². The Morgan fingerprint density at radius 1 is 1.38 bits per heavy atom. The first-order valence-corrected chi connectivity index (χ1v) is 5.03. The van der Waals surface area contributed by atoms with Gasteiger partial charge in [0.05, 0.1) is 6.61 Å². The van der Waals surface area contributed by atoms with Crippen LogP contribution in [0.4, 0.5) is 0 Å². The lowest BCUT2D eigenvalue weighted by Crippen LogP contribution is -2.15. The van der Waals surface area contributed by atoms with Crippen LogP contribution in [0.15, 0.2) is 18.2 Å². The predicted octanol–water partition coefficient (Wildman–Crippen LogP) is 1.59. The first-order valence-electron chi connectivity index (χ1n) is 5.03. The lowest BCUT2D eigenvalue weighted by atomic mass is 10.1. The average molecular weight is 222 g/mol. The molecular weight excluding hydrogens is 208 g/mol. The fraction of sp³-hybridized carbons (Fsp3) is 0.333. The van der Waals surface area contributed by atoms with Crippen molar-refractivity contribution in [2.24, 2.45) is 0 Å². The van der Waals surface area contributed by atoms with Crippen LogP contribution in [-0.2, 0) is 16.0 Å². The van der Waals surface area contributed by atoms with Crippen molar-refractivity contribution < 1.29 is 19.4 Å². The third-order valence-electron chi connectivity index (χ3n) is 2.11. The molecule has 1 rings (SSSR count). The summed E-state index contributed by atoms with van der Waals surface area (Å²) in [5.41, 5.74) is 1.62. The number of ether oxygens (including phenoxy) is 1. The fourth-order valence-corrected chi connectivity index (χ4v) is 1.35. The smallest absolute Gasteiger partial charge is 0.372 e. The monoisotopic (exact) mass is 222 g/mol. The Bertz CT molecular complexity index is 409. The SMILES string of the molecule is CCOc1cc(C)ccc1CC(=O)C(=O)O. The van der Waals surface area contributed by atoms with Gasteiger partial charge in [-0.15, -0.1) is 0 Å². The maximum Gasteiger partial charge on any atom is 0.372 e. The van der Waals surface area contributed by atoms with E-state index in [1.165, 1.54) is 0 Å². The first-order chi connectivity index (χ1) is 7.54. The van der Waals surface area contributed by atoms with Gasteiger partial charge in [0.25, 0.3) is 0 Å². The van der Waals surface area contributed by atoms with Crippen LogP contribution in [0, 0.1) is 6.92 Å². The number of Topliss-reactive ketones (excluding diaryl/α,β-unsaturated/α-hetero) is 1. The summed E-state index contributed by atoms with van der Waals surface area (Å²) in [6, 6.07) is 5.35. The van der Waals surface area contributed by atoms with E-state index in [0.717, 1.165) is 5.56 Å². The number of ketones is 1. The highest BCUT2D eigenvalue weighted by Crippen LogP contribution is 2.21. The number of benzene rings is 1.